The van der Waals surface area contributed by atoms with Crippen LogP contribution < -0.4 is 9.64 Å². The molecule has 1 spiro atoms. The number of esters is 3. The minimum absolute atomic E-state index is 0.00603. The molecule has 1 aliphatic carbocycles. The van der Waals surface area contributed by atoms with E-state index in [-0.39, 0.29) is 12.0 Å². The summed E-state index contributed by atoms with van der Waals surface area (Å²) in [7, 11) is 6.22. The van der Waals surface area contributed by atoms with Gasteiger partial charge in [0.15, 0.2) is 11.5 Å². The second-order valence-corrected chi connectivity index (χ2v) is 18.3. The molecule has 1 saturated carbocycles. The summed E-state index contributed by atoms with van der Waals surface area (Å²) in [6.07, 6.45) is 5.62. The maximum absolute atomic E-state index is 15.6. The van der Waals surface area contributed by atoms with Crippen LogP contribution in [0.4, 0.5) is 5.69 Å². The van der Waals surface area contributed by atoms with Crippen LogP contribution in [-0.2, 0) is 50.6 Å². The van der Waals surface area contributed by atoms with Crippen molar-refractivity contribution >= 4 is 34.5 Å². The lowest BCUT2D eigenvalue weighted by Gasteiger charge is -2.63. The van der Waals surface area contributed by atoms with E-state index < -0.39 is 63.6 Å². The monoisotopic (exact) mass is 808 g/mol. The van der Waals surface area contributed by atoms with Crippen molar-refractivity contribution in [2.75, 3.05) is 66.0 Å². The molecule has 0 radical (unpaired) electrons. The first kappa shape index (κ1) is 38.8. The molecule has 3 aromatic rings. The molecule has 13 nitrogen and oxygen atoms in total. The zero-order valence-electron chi connectivity index (χ0n) is 35.1. The van der Waals surface area contributed by atoms with Gasteiger partial charge in [0.25, 0.3) is 0 Å². The second-order valence-electron chi connectivity index (χ2n) is 18.3. The number of methoxy groups -OCH3 is 3. The third kappa shape index (κ3) is 4.62. The van der Waals surface area contributed by atoms with Gasteiger partial charge in [0, 0.05) is 96.9 Å². The SMILES string of the molecule is CCC12C[C@H]3CN(CCc4c([nH]c5ccccc45)[C@@](C(=O)OC)(c4cc5c(cc4OC)N(C)[C@H]4[C@@](O)(C(=O)OC)[C@H](OC(C)=O)[C@]6(CC)C=CCN7CC[C@]54[C@@H]76)C3O1)C2. The molecule has 3 unspecified atom stereocenters. The second kappa shape index (κ2) is 13.0. The van der Waals surface area contributed by atoms with E-state index in [1.165, 1.54) is 21.1 Å². The van der Waals surface area contributed by atoms with Gasteiger partial charge in [0.2, 0.25) is 5.60 Å². The lowest BCUT2D eigenvalue weighted by Crippen LogP contribution is -2.81. The number of hydrogen-bond acceptors (Lipinski definition) is 12. The maximum Gasteiger partial charge on any atom is 0.344 e. The molecule has 3 bridgehead atoms. The fourth-order valence-electron chi connectivity index (χ4n) is 14.1. The molecule has 59 heavy (non-hydrogen) atoms. The molecular weight excluding hydrogens is 753 g/mol. The quantitative estimate of drug-likeness (QED) is 0.203. The normalized spacial score (nSPS) is 38.7. The summed E-state index contributed by atoms with van der Waals surface area (Å²) in [6, 6.07) is 11.1. The molecule has 10 rings (SSSR count). The average Bonchev–Trinajstić information content (AvgIpc) is 3.97. The summed E-state index contributed by atoms with van der Waals surface area (Å²) in [4.78, 5) is 53.7. The Bertz CT molecular complexity index is 2310. The van der Waals surface area contributed by atoms with Crippen molar-refractivity contribution in [1.29, 1.82) is 0 Å². The van der Waals surface area contributed by atoms with E-state index in [2.05, 4.69) is 52.1 Å². The van der Waals surface area contributed by atoms with Crippen LogP contribution in [-0.4, -0.2) is 134 Å². The Morgan fingerprint density at radius 2 is 1.78 bits per heavy atom. The predicted molar refractivity (Wildman–Crippen MR) is 218 cm³/mol. The fraction of sp³-hybridized carbons (Fsp3) is 0.587. The number of H-pyrrole nitrogens is 1. The zero-order valence-corrected chi connectivity index (χ0v) is 35.1. The highest BCUT2D eigenvalue weighted by Crippen LogP contribution is 2.68. The van der Waals surface area contributed by atoms with Gasteiger partial charge in [-0.15, -0.1) is 0 Å². The van der Waals surface area contributed by atoms with Gasteiger partial charge in [-0.25, -0.2) is 4.79 Å². The molecule has 4 fully saturated rings. The molecule has 2 aromatic carbocycles. The van der Waals surface area contributed by atoms with Gasteiger partial charge in [-0.1, -0.05) is 44.2 Å². The number of aliphatic hydroxyl groups is 1. The molecule has 13 heteroatoms. The molecular formula is C46H56N4O9. The molecule has 2 N–H and O–H groups in total. The molecule has 7 heterocycles. The number of aromatic amines is 1. The number of anilines is 1. The van der Waals surface area contributed by atoms with Crippen LogP contribution in [0.3, 0.4) is 0 Å². The van der Waals surface area contributed by atoms with Crippen LogP contribution in [0.5, 0.6) is 5.75 Å². The minimum atomic E-state index is -2.29. The van der Waals surface area contributed by atoms with Crippen molar-refractivity contribution in [1.82, 2.24) is 14.8 Å². The van der Waals surface area contributed by atoms with Crippen LogP contribution in [0.15, 0.2) is 48.6 Å². The highest BCUT2D eigenvalue weighted by Gasteiger charge is 2.80. The van der Waals surface area contributed by atoms with Crippen LogP contribution in [0, 0.1) is 11.3 Å². The minimum Gasteiger partial charge on any atom is -0.496 e. The molecule has 1 aromatic heterocycles. The molecule has 314 valence electrons. The van der Waals surface area contributed by atoms with Gasteiger partial charge in [-0.05, 0) is 61.9 Å². The van der Waals surface area contributed by atoms with Gasteiger partial charge >= 0.3 is 17.9 Å². The number of fused-ring (bicyclic) bond motifs is 6. The number of likely N-dealkylation sites (N-methyl/N-ethyl adjacent to an activating group) is 1. The van der Waals surface area contributed by atoms with Gasteiger partial charge in [0.1, 0.15) is 5.75 Å². The third-order valence-corrected chi connectivity index (χ3v) is 16.1. The van der Waals surface area contributed by atoms with Gasteiger partial charge in [-0.3, -0.25) is 19.4 Å². The summed E-state index contributed by atoms with van der Waals surface area (Å²) in [5, 5.41) is 14.4. The summed E-state index contributed by atoms with van der Waals surface area (Å²) < 4.78 is 31.6. The first-order valence-corrected chi connectivity index (χ1v) is 21.3. The van der Waals surface area contributed by atoms with Crippen LogP contribution in [0.1, 0.15) is 68.8 Å². The summed E-state index contributed by atoms with van der Waals surface area (Å²) in [6.45, 7) is 9.22. The summed E-state index contributed by atoms with van der Waals surface area (Å²) in [5.74, 6) is -1.45. The van der Waals surface area contributed by atoms with E-state index in [9.17, 15) is 14.7 Å². The third-order valence-electron chi connectivity index (χ3n) is 16.1. The van der Waals surface area contributed by atoms with Gasteiger partial charge in [-0.2, -0.15) is 0 Å². The molecule has 7 aliphatic rings. The lowest BCUT2D eigenvalue weighted by molar-refractivity contribution is -0.228. The Labute approximate surface area is 344 Å². The van der Waals surface area contributed by atoms with Crippen LogP contribution >= 0.6 is 0 Å². The van der Waals surface area contributed by atoms with E-state index in [1.807, 2.05) is 37.1 Å². The molecule has 6 aliphatic heterocycles. The van der Waals surface area contributed by atoms with Gasteiger partial charge in [0.05, 0.1) is 39.1 Å². The largest absolute Gasteiger partial charge is 0.496 e. The molecule has 3 saturated heterocycles. The van der Waals surface area contributed by atoms with Crippen molar-refractivity contribution in [3.63, 3.8) is 0 Å². The Morgan fingerprint density at radius 1 is 1.00 bits per heavy atom. The van der Waals surface area contributed by atoms with E-state index in [4.69, 9.17) is 23.7 Å². The van der Waals surface area contributed by atoms with Crippen molar-refractivity contribution in [3.8, 4) is 5.75 Å². The highest BCUT2D eigenvalue weighted by atomic mass is 16.6. The predicted octanol–water partition coefficient (Wildman–Crippen LogP) is 4.01. The Morgan fingerprint density at radius 3 is 2.49 bits per heavy atom. The average molecular weight is 809 g/mol. The number of benzene rings is 2. The Kier molecular flexibility index (Phi) is 8.56. The number of carbonyl (C=O) groups excluding carboxylic acids is 3. The number of para-hydroxylation sites is 1. The molecule has 11 atom stereocenters. The number of ether oxygens (including phenoxy) is 5. The number of aromatic nitrogens is 1. The highest BCUT2D eigenvalue weighted by molar-refractivity contribution is 5.95. The number of hydrogen-bond donors (Lipinski definition) is 2. The van der Waals surface area contributed by atoms with E-state index in [0.29, 0.717) is 43.7 Å². The van der Waals surface area contributed by atoms with Gasteiger partial charge < -0.3 is 38.7 Å². The number of carbonyl (C=O) groups is 3. The van der Waals surface area contributed by atoms with E-state index in [1.54, 1.807) is 7.11 Å². The number of piperidine rings is 1. The lowest BCUT2D eigenvalue weighted by atomic mass is 9.47. The maximum atomic E-state index is 15.6. The van der Waals surface area contributed by atoms with Crippen LogP contribution in [0.25, 0.3) is 10.9 Å². The topological polar surface area (TPSA) is 143 Å². The smallest absolute Gasteiger partial charge is 0.344 e. The first-order chi connectivity index (χ1) is 28.3. The van der Waals surface area contributed by atoms with E-state index in [0.717, 1.165) is 65.9 Å². The standard InChI is InChI=1S/C46H56N4O9/c1-8-42-23-27-24-49(25-42)19-15-29-28-13-10-11-14-32(28)47-35(29)45(36(27)59-42,40(52)56-6)31-21-30-33(22-34(31)55-5)48(4)38-44(30)17-20-50-18-12-16-43(9-2,37(44)50)39(58-26(3)51)46(38,54)41(53)57-7/h10-14,16,21-22,27,36-39,47,54H,8-9,15,17-20,23-25H2,1-7H3/t27-,36?,37-,38+,39+,42?,43+,44+,45-,46-/m0/s1. The zero-order chi connectivity index (χ0) is 41.4. The Balaban J connectivity index is 1.31. The fourth-order valence-corrected chi connectivity index (χ4v) is 14.1. The first-order valence-electron chi connectivity index (χ1n) is 21.3. The van der Waals surface area contributed by atoms with Crippen molar-refractivity contribution in [2.45, 2.75) is 99.2 Å². The van der Waals surface area contributed by atoms with Crippen molar-refractivity contribution in [2.24, 2.45) is 11.3 Å². The summed E-state index contributed by atoms with van der Waals surface area (Å²) >= 11 is 0. The number of nitrogens with zero attached hydrogens (tertiary/aromatic N) is 3. The summed E-state index contributed by atoms with van der Waals surface area (Å²) in [5.41, 5.74) is -1.16. The number of rotatable bonds is 7. The van der Waals surface area contributed by atoms with Crippen molar-refractivity contribution < 1.29 is 43.2 Å². The molecule has 0 amide bonds. The Hall–Kier alpha value is -4.43. The van der Waals surface area contributed by atoms with Crippen LogP contribution in [0.2, 0.25) is 0 Å². The van der Waals surface area contributed by atoms with Crippen molar-refractivity contribution in [3.05, 3.63) is 70.9 Å². The number of nitrogens with one attached hydrogen (secondary N) is 1. The van der Waals surface area contributed by atoms with E-state index >= 15 is 4.79 Å².